The van der Waals surface area contributed by atoms with Gasteiger partial charge in [-0.2, -0.15) is 0 Å². The normalized spacial score (nSPS) is 32.6. The molecule has 3 atom stereocenters. The van der Waals surface area contributed by atoms with Gasteiger partial charge >= 0.3 is 0 Å². The van der Waals surface area contributed by atoms with E-state index in [9.17, 15) is 4.79 Å². The highest BCUT2D eigenvalue weighted by molar-refractivity contribution is 9.09. The number of carbonyl (C=O) groups excluding carboxylic acids is 1. The van der Waals surface area contributed by atoms with Crippen molar-refractivity contribution < 1.29 is 4.79 Å². The molecule has 1 aliphatic carbocycles. The first-order valence-electron chi connectivity index (χ1n) is 5.48. The van der Waals surface area contributed by atoms with Gasteiger partial charge in [-0.05, 0) is 31.1 Å². The zero-order chi connectivity index (χ0) is 10.6. The number of rotatable bonds is 3. The second kappa shape index (κ2) is 5.74. The van der Waals surface area contributed by atoms with Crippen LogP contribution in [-0.4, -0.2) is 17.3 Å². The summed E-state index contributed by atoms with van der Waals surface area (Å²) in [7, 11) is 0. The number of hydrogen-bond acceptors (Lipinski definition) is 1. The molecule has 0 aromatic rings. The summed E-state index contributed by atoms with van der Waals surface area (Å²) in [6.45, 7) is 4.59. The van der Waals surface area contributed by atoms with Gasteiger partial charge in [0.1, 0.15) is 0 Å². The number of hydrogen-bond donors (Lipinski definition) is 1. The largest absolute Gasteiger partial charge is 0.353 e. The Morgan fingerprint density at radius 1 is 1.36 bits per heavy atom. The molecule has 0 aliphatic heterocycles. The summed E-state index contributed by atoms with van der Waals surface area (Å²) in [4.78, 5) is 11.4. The lowest BCUT2D eigenvalue weighted by atomic mass is 9.79. The van der Waals surface area contributed by atoms with Crippen LogP contribution in [0, 0.1) is 11.8 Å². The number of amides is 1. The van der Waals surface area contributed by atoms with Crippen LogP contribution in [0.15, 0.2) is 0 Å². The van der Waals surface area contributed by atoms with Crippen molar-refractivity contribution in [2.75, 3.05) is 5.33 Å². The zero-order valence-electron chi connectivity index (χ0n) is 9.05. The fraction of sp³-hybridized carbons (Fsp3) is 0.909. The van der Waals surface area contributed by atoms with Crippen LogP contribution in [0.1, 0.15) is 39.5 Å². The summed E-state index contributed by atoms with van der Waals surface area (Å²) >= 11 is 3.28. The highest BCUT2D eigenvalue weighted by Gasteiger charge is 2.25. The van der Waals surface area contributed by atoms with Crippen molar-refractivity contribution >= 4 is 21.8 Å². The zero-order valence-corrected chi connectivity index (χ0v) is 10.6. The van der Waals surface area contributed by atoms with E-state index >= 15 is 0 Å². The third-order valence-corrected chi connectivity index (χ3v) is 3.68. The summed E-state index contributed by atoms with van der Waals surface area (Å²) in [6.07, 6.45) is 4.15. The SMILES string of the molecule is CC1CCC(NC(=O)CCBr)CC1C. The van der Waals surface area contributed by atoms with E-state index in [4.69, 9.17) is 0 Å². The predicted molar refractivity (Wildman–Crippen MR) is 62.5 cm³/mol. The molecule has 1 N–H and O–H groups in total. The Morgan fingerprint density at radius 2 is 2.07 bits per heavy atom. The summed E-state index contributed by atoms with van der Waals surface area (Å²) in [5.74, 6) is 1.76. The molecule has 0 spiro atoms. The van der Waals surface area contributed by atoms with E-state index in [0.29, 0.717) is 12.5 Å². The van der Waals surface area contributed by atoms with E-state index in [1.807, 2.05) is 0 Å². The van der Waals surface area contributed by atoms with Crippen molar-refractivity contribution in [2.45, 2.75) is 45.6 Å². The van der Waals surface area contributed by atoms with Crippen molar-refractivity contribution in [3.8, 4) is 0 Å². The van der Waals surface area contributed by atoms with Crippen molar-refractivity contribution in [3.63, 3.8) is 0 Å². The molecule has 1 rings (SSSR count). The maximum Gasteiger partial charge on any atom is 0.221 e. The molecule has 0 saturated heterocycles. The topological polar surface area (TPSA) is 29.1 Å². The van der Waals surface area contributed by atoms with Gasteiger partial charge in [0.15, 0.2) is 0 Å². The molecule has 3 unspecified atom stereocenters. The maximum absolute atomic E-state index is 11.4. The van der Waals surface area contributed by atoms with Gasteiger partial charge in [-0.1, -0.05) is 29.8 Å². The highest BCUT2D eigenvalue weighted by atomic mass is 79.9. The highest BCUT2D eigenvalue weighted by Crippen LogP contribution is 2.29. The summed E-state index contributed by atoms with van der Waals surface area (Å²) < 4.78 is 0. The Morgan fingerprint density at radius 3 is 2.64 bits per heavy atom. The third kappa shape index (κ3) is 3.60. The standard InChI is InChI=1S/C11H20BrNO/c1-8-3-4-10(7-9(8)2)13-11(14)5-6-12/h8-10H,3-7H2,1-2H3,(H,13,14). The molecule has 0 aromatic carbocycles. The second-order valence-corrected chi connectivity index (χ2v) is 5.26. The Labute approximate surface area is 95.0 Å². The van der Waals surface area contributed by atoms with E-state index < -0.39 is 0 Å². The van der Waals surface area contributed by atoms with Crippen LogP contribution in [-0.2, 0) is 4.79 Å². The van der Waals surface area contributed by atoms with Crippen molar-refractivity contribution in [1.29, 1.82) is 0 Å². The first-order valence-corrected chi connectivity index (χ1v) is 6.61. The molecule has 1 fully saturated rings. The summed E-state index contributed by atoms with van der Waals surface area (Å²) in [5, 5.41) is 3.86. The summed E-state index contributed by atoms with van der Waals surface area (Å²) in [6, 6.07) is 0.424. The van der Waals surface area contributed by atoms with Crippen LogP contribution in [0.2, 0.25) is 0 Å². The monoisotopic (exact) mass is 261 g/mol. The van der Waals surface area contributed by atoms with E-state index in [1.165, 1.54) is 6.42 Å². The first kappa shape index (κ1) is 12.0. The van der Waals surface area contributed by atoms with Crippen LogP contribution in [0.4, 0.5) is 0 Å². The van der Waals surface area contributed by atoms with Crippen molar-refractivity contribution in [3.05, 3.63) is 0 Å². The Balaban J connectivity index is 2.29. The minimum absolute atomic E-state index is 0.189. The number of carbonyl (C=O) groups is 1. The van der Waals surface area contributed by atoms with Gasteiger partial charge in [0.2, 0.25) is 5.91 Å². The third-order valence-electron chi connectivity index (χ3n) is 3.28. The fourth-order valence-electron chi connectivity index (χ4n) is 2.06. The molecule has 0 heterocycles. The number of alkyl halides is 1. The quantitative estimate of drug-likeness (QED) is 0.778. The summed E-state index contributed by atoms with van der Waals surface area (Å²) in [5.41, 5.74) is 0. The van der Waals surface area contributed by atoms with Gasteiger partial charge in [-0.15, -0.1) is 0 Å². The van der Waals surface area contributed by atoms with Crippen LogP contribution < -0.4 is 5.32 Å². The predicted octanol–water partition coefficient (Wildman–Crippen LogP) is 2.71. The average Bonchev–Trinajstić information content (AvgIpc) is 2.12. The van der Waals surface area contributed by atoms with Gasteiger partial charge in [-0.3, -0.25) is 4.79 Å². The average molecular weight is 262 g/mol. The molecule has 0 aromatic heterocycles. The Kier molecular flexibility index (Phi) is 4.93. The van der Waals surface area contributed by atoms with Crippen LogP contribution in [0.5, 0.6) is 0 Å². The molecule has 0 radical (unpaired) electrons. The maximum atomic E-state index is 11.4. The lowest BCUT2D eigenvalue weighted by molar-refractivity contribution is -0.121. The number of nitrogens with one attached hydrogen (secondary N) is 1. The minimum atomic E-state index is 0.189. The van der Waals surface area contributed by atoms with Gasteiger partial charge in [-0.25, -0.2) is 0 Å². The molecule has 1 amide bonds. The van der Waals surface area contributed by atoms with E-state index in [-0.39, 0.29) is 5.91 Å². The Bertz CT molecular complexity index is 196. The van der Waals surface area contributed by atoms with Gasteiger partial charge in [0.25, 0.3) is 0 Å². The molecule has 3 heteroatoms. The van der Waals surface area contributed by atoms with E-state index in [0.717, 1.165) is 30.0 Å². The van der Waals surface area contributed by atoms with Crippen molar-refractivity contribution in [2.24, 2.45) is 11.8 Å². The van der Waals surface area contributed by atoms with Gasteiger partial charge in [0.05, 0.1) is 0 Å². The molecule has 0 bridgehead atoms. The molecule has 1 saturated carbocycles. The molecular formula is C11H20BrNO. The molecule has 82 valence electrons. The fourth-order valence-corrected chi connectivity index (χ4v) is 2.42. The lowest BCUT2D eigenvalue weighted by Crippen LogP contribution is -2.39. The Hall–Kier alpha value is -0.0500. The van der Waals surface area contributed by atoms with Crippen LogP contribution in [0.25, 0.3) is 0 Å². The molecule has 14 heavy (non-hydrogen) atoms. The van der Waals surface area contributed by atoms with Crippen molar-refractivity contribution in [1.82, 2.24) is 5.32 Å². The lowest BCUT2D eigenvalue weighted by Gasteiger charge is -2.32. The molecule has 1 aliphatic rings. The smallest absolute Gasteiger partial charge is 0.221 e. The molecule has 2 nitrogen and oxygen atoms in total. The second-order valence-electron chi connectivity index (χ2n) is 4.47. The molecular weight excluding hydrogens is 242 g/mol. The van der Waals surface area contributed by atoms with Gasteiger partial charge < -0.3 is 5.32 Å². The van der Waals surface area contributed by atoms with E-state index in [1.54, 1.807) is 0 Å². The van der Waals surface area contributed by atoms with E-state index in [2.05, 4.69) is 35.1 Å². The van der Waals surface area contributed by atoms with Crippen LogP contribution >= 0.6 is 15.9 Å². The van der Waals surface area contributed by atoms with Gasteiger partial charge in [0, 0.05) is 17.8 Å². The number of halogens is 1. The first-order chi connectivity index (χ1) is 6.63. The minimum Gasteiger partial charge on any atom is -0.353 e. The van der Waals surface area contributed by atoms with Crippen LogP contribution in [0.3, 0.4) is 0 Å².